The van der Waals surface area contributed by atoms with Crippen LogP contribution in [0.25, 0.3) is 0 Å². The van der Waals surface area contributed by atoms with E-state index in [2.05, 4.69) is 13.8 Å². The summed E-state index contributed by atoms with van der Waals surface area (Å²) in [5.41, 5.74) is 0. The van der Waals surface area contributed by atoms with Crippen LogP contribution in [0.15, 0.2) is 0 Å². The van der Waals surface area contributed by atoms with Gasteiger partial charge < -0.3 is 0 Å². The highest BCUT2D eigenvalue weighted by Crippen LogP contribution is 2.26. The third-order valence-electron chi connectivity index (χ3n) is 3.43. The van der Waals surface area contributed by atoms with Crippen molar-refractivity contribution >= 4 is 10.0 Å². The van der Waals surface area contributed by atoms with Gasteiger partial charge in [-0.2, -0.15) is 5.26 Å². The molecule has 0 radical (unpaired) electrons. The van der Waals surface area contributed by atoms with Crippen LogP contribution in [0.3, 0.4) is 0 Å². The number of piperidine rings is 1. The predicted molar refractivity (Wildman–Crippen MR) is 63.1 cm³/mol. The Balaban J connectivity index is 2.65. The molecule has 0 N–H and O–H groups in total. The second kappa shape index (κ2) is 5.15. The molecule has 0 saturated carbocycles. The SMILES string of the molecule is CC(C)C1CCN(S(=O)(=O)C(C)C#N)CC1. The van der Waals surface area contributed by atoms with Gasteiger partial charge in [0, 0.05) is 13.1 Å². The molecule has 4 nitrogen and oxygen atoms in total. The Morgan fingerprint density at radius 3 is 2.12 bits per heavy atom. The molecule has 1 rings (SSSR count). The molecule has 1 aliphatic heterocycles. The molecule has 0 aromatic heterocycles. The molecule has 92 valence electrons. The van der Waals surface area contributed by atoms with E-state index in [1.54, 1.807) is 6.07 Å². The van der Waals surface area contributed by atoms with Gasteiger partial charge in [-0.05, 0) is 31.6 Å². The van der Waals surface area contributed by atoms with E-state index in [1.807, 2.05) is 0 Å². The van der Waals surface area contributed by atoms with E-state index in [0.717, 1.165) is 12.8 Å². The lowest BCUT2D eigenvalue weighted by atomic mass is 9.87. The van der Waals surface area contributed by atoms with E-state index in [9.17, 15) is 8.42 Å². The standard InChI is InChI=1S/C11H20N2O2S/c1-9(2)11-4-6-13(7-5-11)16(14,15)10(3)8-12/h9-11H,4-7H2,1-3H3. The molecule has 1 unspecified atom stereocenters. The van der Waals surface area contributed by atoms with Gasteiger partial charge in [-0.3, -0.25) is 0 Å². The van der Waals surface area contributed by atoms with Crippen molar-refractivity contribution in [3.05, 3.63) is 0 Å². The minimum absolute atomic E-state index is 0.567. The van der Waals surface area contributed by atoms with Crippen LogP contribution in [-0.4, -0.2) is 31.1 Å². The predicted octanol–water partition coefficient (Wildman–Crippen LogP) is 1.60. The van der Waals surface area contributed by atoms with Crippen molar-refractivity contribution in [1.82, 2.24) is 4.31 Å². The molecule has 1 atom stereocenters. The summed E-state index contributed by atoms with van der Waals surface area (Å²) in [7, 11) is -3.39. The average molecular weight is 244 g/mol. The summed E-state index contributed by atoms with van der Waals surface area (Å²) in [5.74, 6) is 1.22. The lowest BCUT2D eigenvalue weighted by Crippen LogP contribution is -2.43. The quantitative estimate of drug-likeness (QED) is 0.757. The van der Waals surface area contributed by atoms with Crippen molar-refractivity contribution in [2.45, 2.75) is 38.9 Å². The Hall–Kier alpha value is -0.600. The van der Waals surface area contributed by atoms with Crippen molar-refractivity contribution in [3.8, 4) is 6.07 Å². The molecule has 0 spiro atoms. The molecule has 1 fully saturated rings. The van der Waals surface area contributed by atoms with Crippen molar-refractivity contribution in [2.75, 3.05) is 13.1 Å². The lowest BCUT2D eigenvalue weighted by Gasteiger charge is -2.33. The molecule has 1 aliphatic rings. The summed E-state index contributed by atoms with van der Waals surface area (Å²) in [6.45, 7) is 6.93. The Labute approximate surface area is 98.3 Å². The number of sulfonamides is 1. The van der Waals surface area contributed by atoms with Gasteiger partial charge in [-0.1, -0.05) is 13.8 Å². The first kappa shape index (κ1) is 13.5. The highest BCUT2D eigenvalue weighted by molar-refractivity contribution is 7.89. The van der Waals surface area contributed by atoms with Crippen LogP contribution >= 0.6 is 0 Å². The van der Waals surface area contributed by atoms with Crippen LogP contribution in [0.4, 0.5) is 0 Å². The van der Waals surface area contributed by atoms with Crippen LogP contribution in [0, 0.1) is 23.2 Å². The minimum Gasteiger partial charge on any atom is -0.211 e. The van der Waals surface area contributed by atoms with Crippen LogP contribution in [-0.2, 0) is 10.0 Å². The molecule has 0 aromatic carbocycles. The van der Waals surface area contributed by atoms with Crippen molar-refractivity contribution < 1.29 is 8.42 Å². The Kier molecular flexibility index (Phi) is 4.34. The number of nitrogens with zero attached hydrogens (tertiary/aromatic N) is 2. The largest absolute Gasteiger partial charge is 0.230 e. The molecule has 1 heterocycles. The second-order valence-electron chi connectivity index (χ2n) is 4.80. The number of nitriles is 1. The van der Waals surface area contributed by atoms with E-state index in [-0.39, 0.29) is 0 Å². The molecule has 5 heteroatoms. The molecule has 0 amide bonds. The van der Waals surface area contributed by atoms with Crippen molar-refractivity contribution in [1.29, 1.82) is 5.26 Å². The van der Waals surface area contributed by atoms with Gasteiger partial charge in [-0.15, -0.1) is 0 Å². The van der Waals surface area contributed by atoms with Gasteiger partial charge in [0.1, 0.15) is 0 Å². The number of hydrogen-bond acceptors (Lipinski definition) is 3. The first-order valence-electron chi connectivity index (χ1n) is 5.78. The molecule has 0 bridgehead atoms. The summed E-state index contributed by atoms with van der Waals surface area (Å²) in [6, 6.07) is 1.81. The highest BCUT2D eigenvalue weighted by atomic mass is 32.2. The molecule has 16 heavy (non-hydrogen) atoms. The van der Waals surface area contributed by atoms with E-state index in [4.69, 9.17) is 5.26 Å². The van der Waals surface area contributed by atoms with Gasteiger partial charge in [0.05, 0.1) is 6.07 Å². The van der Waals surface area contributed by atoms with E-state index < -0.39 is 15.3 Å². The minimum atomic E-state index is -3.39. The fourth-order valence-electron chi connectivity index (χ4n) is 2.09. The lowest BCUT2D eigenvalue weighted by molar-refractivity contribution is 0.226. The maximum atomic E-state index is 11.9. The molecule has 0 aliphatic carbocycles. The van der Waals surface area contributed by atoms with Crippen molar-refractivity contribution in [2.24, 2.45) is 11.8 Å². The van der Waals surface area contributed by atoms with Gasteiger partial charge in [-0.25, -0.2) is 12.7 Å². The van der Waals surface area contributed by atoms with Crippen LogP contribution < -0.4 is 0 Å². The van der Waals surface area contributed by atoms with E-state index >= 15 is 0 Å². The Morgan fingerprint density at radius 2 is 1.75 bits per heavy atom. The fourth-order valence-corrected chi connectivity index (χ4v) is 3.39. The van der Waals surface area contributed by atoms with Crippen molar-refractivity contribution in [3.63, 3.8) is 0 Å². The van der Waals surface area contributed by atoms with E-state index in [1.165, 1.54) is 11.2 Å². The Bertz CT molecular complexity index is 362. The smallest absolute Gasteiger partial charge is 0.211 e. The fraction of sp³-hybridized carbons (Fsp3) is 0.909. The van der Waals surface area contributed by atoms with Crippen LogP contribution in [0.5, 0.6) is 0 Å². The van der Waals surface area contributed by atoms with Crippen LogP contribution in [0.1, 0.15) is 33.6 Å². The topological polar surface area (TPSA) is 61.2 Å². The maximum absolute atomic E-state index is 11.9. The monoisotopic (exact) mass is 244 g/mol. The summed E-state index contributed by atoms with van der Waals surface area (Å²) < 4.78 is 25.3. The molecule has 0 aromatic rings. The average Bonchev–Trinajstić information content (AvgIpc) is 2.28. The zero-order chi connectivity index (χ0) is 12.3. The third-order valence-corrected chi connectivity index (χ3v) is 5.51. The summed E-state index contributed by atoms with van der Waals surface area (Å²) in [5, 5.41) is 7.76. The zero-order valence-electron chi connectivity index (χ0n) is 10.2. The van der Waals surface area contributed by atoms with Crippen LogP contribution in [0.2, 0.25) is 0 Å². The maximum Gasteiger partial charge on any atom is 0.230 e. The van der Waals surface area contributed by atoms with Gasteiger partial charge in [0.25, 0.3) is 0 Å². The molecular weight excluding hydrogens is 224 g/mol. The third kappa shape index (κ3) is 2.74. The molecular formula is C11H20N2O2S. The number of hydrogen-bond donors (Lipinski definition) is 0. The zero-order valence-corrected chi connectivity index (χ0v) is 11.0. The molecule has 1 saturated heterocycles. The number of rotatable bonds is 3. The second-order valence-corrected chi connectivity index (χ2v) is 7.05. The highest BCUT2D eigenvalue weighted by Gasteiger charge is 2.32. The summed E-state index contributed by atoms with van der Waals surface area (Å²) in [4.78, 5) is 0. The van der Waals surface area contributed by atoms with Gasteiger partial charge >= 0.3 is 0 Å². The van der Waals surface area contributed by atoms with Gasteiger partial charge in [0.15, 0.2) is 5.25 Å². The Morgan fingerprint density at radius 1 is 1.25 bits per heavy atom. The van der Waals surface area contributed by atoms with Gasteiger partial charge in [0.2, 0.25) is 10.0 Å². The van der Waals surface area contributed by atoms with E-state index in [0.29, 0.717) is 24.9 Å². The normalized spacial score (nSPS) is 21.9. The first-order chi connectivity index (χ1) is 7.39. The first-order valence-corrected chi connectivity index (χ1v) is 7.28. The summed E-state index contributed by atoms with van der Waals surface area (Å²) >= 11 is 0. The summed E-state index contributed by atoms with van der Waals surface area (Å²) in [6.07, 6.45) is 1.82.